The van der Waals surface area contributed by atoms with Crippen molar-refractivity contribution in [2.45, 2.75) is 52.9 Å². The smallest absolute Gasteiger partial charge is 0.408 e. The van der Waals surface area contributed by atoms with E-state index in [1.54, 1.807) is 20.8 Å². The lowest BCUT2D eigenvalue weighted by Crippen LogP contribution is -2.48. The molecule has 0 aliphatic rings. The number of hydrogen-bond acceptors (Lipinski definition) is 4. The first-order valence-corrected chi connectivity index (χ1v) is 9.63. The number of anilines is 1. The van der Waals surface area contributed by atoms with E-state index in [-0.39, 0.29) is 12.5 Å². The number of benzene rings is 2. The number of amides is 2. The maximum atomic E-state index is 12.9. The van der Waals surface area contributed by atoms with Crippen molar-refractivity contribution in [3.8, 4) is 0 Å². The summed E-state index contributed by atoms with van der Waals surface area (Å²) in [6.07, 6.45) is -0.665. The van der Waals surface area contributed by atoms with Gasteiger partial charge in [0.05, 0.1) is 13.2 Å². The largest absolute Gasteiger partial charge is 0.444 e. The van der Waals surface area contributed by atoms with Gasteiger partial charge in [-0.3, -0.25) is 4.79 Å². The SMILES string of the molecule is Cc1ccc(C)c(NC(=O)[C@H](COCc2ccccc2)NC(=O)OC(C)(C)C)c1. The molecule has 2 N–H and O–H groups in total. The van der Waals surface area contributed by atoms with Crippen LogP contribution in [-0.4, -0.2) is 30.3 Å². The van der Waals surface area contributed by atoms with E-state index in [2.05, 4.69) is 10.6 Å². The molecular weight excluding hydrogens is 368 g/mol. The van der Waals surface area contributed by atoms with Gasteiger partial charge >= 0.3 is 6.09 Å². The van der Waals surface area contributed by atoms with Crippen LogP contribution in [0.4, 0.5) is 10.5 Å². The predicted molar refractivity (Wildman–Crippen MR) is 114 cm³/mol. The normalized spacial score (nSPS) is 12.2. The zero-order chi connectivity index (χ0) is 21.4. The lowest BCUT2D eigenvalue weighted by Gasteiger charge is -2.23. The molecule has 0 aliphatic heterocycles. The Bertz CT molecular complexity index is 829. The first kappa shape index (κ1) is 22.4. The molecular formula is C23H30N2O4. The monoisotopic (exact) mass is 398 g/mol. The minimum absolute atomic E-state index is 0.0187. The molecule has 0 aliphatic carbocycles. The Labute approximate surface area is 172 Å². The van der Waals surface area contributed by atoms with Gasteiger partial charge in [0.15, 0.2) is 0 Å². The first-order valence-electron chi connectivity index (χ1n) is 9.63. The van der Waals surface area contributed by atoms with E-state index in [4.69, 9.17) is 9.47 Å². The molecule has 0 saturated heterocycles. The molecule has 6 nitrogen and oxygen atoms in total. The molecule has 0 unspecified atom stereocenters. The number of hydrogen-bond donors (Lipinski definition) is 2. The molecule has 2 rings (SSSR count). The Hall–Kier alpha value is -2.86. The standard InChI is InChI=1S/C23H30N2O4/c1-16-11-12-17(2)19(13-16)24-21(26)20(25-22(27)29-23(3,4)5)15-28-14-18-9-7-6-8-10-18/h6-13,20H,14-15H2,1-5H3,(H,24,26)(H,25,27)/t20-/m0/s1. The number of carbonyl (C=O) groups is 2. The average molecular weight is 399 g/mol. The average Bonchev–Trinajstić information content (AvgIpc) is 2.63. The highest BCUT2D eigenvalue weighted by Gasteiger charge is 2.25. The van der Waals surface area contributed by atoms with Crippen LogP contribution in [0.3, 0.4) is 0 Å². The molecule has 6 heteroatoms. The summed E-state index contributed by atoms with van der Waals surface area (Å²) in [5.41, 5.74) is 2.99. The molecule has 0 aromatic heterocycles. The van der Waals surface area contributed by atoms with Crippen LogP contribution < -0.4 is 10.6 Å². The van der Waals surface area contributed by atoms with Crippen molar-refractivity contribution in [3.63, 3.8) is 0 Å². The van der Waals surface area contributed by atoms with Crippen LogP contribution in [0.15, 0.2) is 48.5 Å². The Kier molecular flexibility index (Phi) is 7.79. The van der Waals surface area contributed by atoms with Crippen molar-refractivity contribution in [1.29, 1.82) is 0 Å². The lowest BCUT2D eigenvalue weighted by atomic mass is 10.1. The summed E-state index contributed by atoms with van der Waals surface area (Å²) < 4.78 is 11.0. The van der Waals surface area contributed by atoms with Crippen molar-refractivity contribution in [2.24, 2.45) is 0 Å². The van der Waals surface area contributed by atoms with Gasteiger partial charge in [-0.2, -0.15) is 0 Å². The van der Waals surface area contributed by atoms with Crippen molar-refractivity contribution in [2.75, 3.05) is 11.9 Å². The molecule has 2 amide bonds. The minimum Gasteiger partial charge on any atom is -0.444 e. The highest BCUT2D eigenvalue weighted by molar-refractivity contribution is 5.97. The Morgan fingerprint density at radius 3 is 2.38 bits per heavy atom. The summed E-state index contributed by atoms with van der Waals surface area (Å²) in [6.45, 7) is 9.53. The van der Waals surface area contributed by atoms with Crippen LogP contribution in [-0.2, 0) is 20.9 Å². The minimum atomic E-state index is -0.895. The summed E-state index contributed by atoms with van der Waals surface area (Å²) in [6, 6.07) is 14.5. The molecule has 0 spiro atoms. The van der Waals surface area contributed by atoms with E-state index in [0.29, 0.717) is 12.3 Å². The van der Waals surface area contributed by atoms with Crippen LogP contribution in [0.5, 0.6) is 0 Å². The third-order valence-electron chi connectivity index (χ3n) is 4.05. The van der Waals surface area contributed by atoms with Gasteiger partial charge < -0.3 is 20.1 Å². The molecule has 2 aromatic rings. The third kappa shape index (κ3) is 7.95. The number of alkyl carbamates (subject to hydrolysis) is 1. The summed E-state index contributed by atoms with van der Waals surface area (Å²) >= 11 is 0. The molecule has 0 heterocycles. The molecule has 156 valence electrons. The second-order valence-electron chi connectivity index (χ2n) is 8.01. The molecule has 0 fully saturated rings. The number of carbonyl (C=O) groups excluding carboxylic acids is 2. The summed E-state index contributed by atoms with van der Waals surface area (Å²) in [5.74, 6) is -0.363. The Morgan fingerprint density at radius 2 is 1.72 bits per heavy atom. The molecule has 0 radical (unpaired) electrons. The number of ether oxygens (including phenoxy) is 2. The molecule has 0 bridgehead atoms. The van der Waals surface area contributed by atoms with Gasteiger partial charge in [-0.15, -0.1) is 0 Å². The van der Waals surface area contributed by atoms with Gasteiger partial charge in [-0.1, -0.05) is 42.5 Å². The fourth-order valence-corrected chi connectivity index (χ4v) is 2.59. The topological polar surface area (TPSA) is 76.7 Å². The maximum Gasteiger partial charge on any atom is 0.408 e. The van der Waals surface area contributed by atoms with Crippen molar-refractivity contribution in [3.05, 3.63) is 65.2 Å². The zero-order valence-corrected chi connectivity index (χ0v) is 17.7. The second-order valence-corrected chi connectivity index (χ2v) is 8.01. The summed E-state index contributed by atoms with van der Waals surface area (Å²) in [5, 5.41) is 5.49. The highest BCUT2D eigenvalue weighted by atomic mass is 16.6. The van der Waals surface area contributed by atoms with Gasteiger partial charge in [0.2, 0.25) is 5.91 Å². The van der Waals surface area contributed by atoms with Gasteiger partial charge in [0, 0.05) is 5.69 Å². The van der Waals surface area contributed by atoms with Crippen molar-refractivity contribution >= 4 is 17.7 Å². The van der Waals surface area contributed by atoms with Crippen LogP contribution in [0.2, 0.25) is 0 Å². The quantitative estimate of drug-likeness (QED) is 0.727. The summed E-state index contributed by atoms with van der Waals surface area (Å²) in [7, 11) is 0. The third-order valence-corrected chi connectivity index (χ3v) is 4.05. The van der Waals surface area contributed by atoms with Gasteiger partial charge in [0.1, 0.15) is 11.6 Å². The van der Waals surface area contributed by atoms with Crippen LogP contribution in [0, 0.1) is 13.8 Å². The number of rotatable bonds is 7. The van der Waals surface area contributed by atoms with E-state index in [1.165, 1.54) is 0 Å². The summed E-state index contributed by atoms with van der Waals surface area (Å²) in [4.78, 5) is 25.1. The van der Waals surface area contributed by atoms with Gasteiger partial charge in [0.25, 0.3) is 0 Å². The maximum absolute atomic E-state index is 12.9. The van der Waals surface area contributed by atoms with Crippen LogP contribution >= 0.6 is 0 Å². The van der Waals surface area contributed by atoms with Gasteiger partial charge in [-0.25, -0.2) is 4.79 Å². The van der Waals surface area contributed by atoms with E-state index in [9.17, 15) is 9.59 Å². The highest BCUT2D eigenvalue weighted by Crippen LogP contribution is 2.17. The molecule has 29 heavy (non-hydrogen) atoms. The van der Waals surface area contributed by atoms with Crippen molar-refractivity contribution < 1.29 is 19.1 Å². The predicted octanol–water partition coefficient (Wildman–Crippen LogP) is 4.35. The number of nitrogens with one attached hydrogen (secondary N) is 2. The van der Waals surface area contributed by atoms with Crippen molar-refractivity contribution in [1.82, 2.24) is 5.32 Å². The van der Waals surface area contributed by atoms with Crippen LogP contribution in [0.1, 0.15) is 37.5 Å². The fourth-order valence-electron chi connectivity index (χ4n) is 2.59. The first-order chi connectivity index (χ1) is 13.6. The number of aryl methyl sites for hydroxylation is 2. The second kappa shape index (κ2) is 10.1. The molecule has 1 atom stereocenters. The molecule has 2 aromatic carbocycles. The van der Waals surface area contributed by atoms with E-state index in [1.807, 2.05) is 62.4 Å². The van der Waals surface area contributed by atoms with Crippen LogP contribution in [0.25, 0.3) is 0 Å². The molecule has 0 saturated carbocycles. The Balaban J connectivity index is 2.06. The fraction of sp³-hybridized carbons (Fsp3) is 0.391. The zero-order valence-electron chi connectivity index (χ0n) is 17.7. The van der Waals surface area contributed by atoms with E-state index in [0.717, 1.165) is 16.7 Å². The van der Waals surface area contributed by atoms with Gasteiger partial charge in [-0.05, 0) is 57.4 Å². The lowest BCUT2D eigenvalue weighted by molar-refractivity contribution is -0.119. The van der Waals surface area contributed by atoms with E-state index < -0.39 is 17.7 Å². The Morgan fingerprint density at radius 1 is 1.03 bits per heavy atom. The van der Waals surface area contributed by atoms with E-state index >= 15 is 0 Å².